The number of carbonyl (C=O) groups excluding carboxylic acids is 1. The van der Waals surface area contributed by atoms with Gasteiger partial charge in [0, 0.05) is 12.1 Å². The van der Waals surface area contributed by atoms with E-state index in [1.807, 2.05) is 37.3 Å². The molecule has 1 fully saturated rings. The number of benzene rings is 2. The third-order valence-electron chi connectivity index (χ3n) is 5.23. The molecule has 5 heteroatoms. The molecule has 2 aliphatic heterocycles. The number of carbonyl (C=O) groups is 1. The van der Waals surface area contributed by atoms with Gasteiger partial charge in [-0.1, -0.05) is 18.2 Å². The summed E-state index contributed by atoms with van der Waals surface area (Å²) in [6.07, 6.45) is 2.58. The van der Waals surface area contributed by atoms with Crippen LogP contribution in [0.1, 0.15) is 47.3 Å². The minimum absolute atomic E-state index is 0.0647. The summed E-state index contributed by atoms with van der Waals surface area (Å²) in [6.45, 7) is 6.43. The van der Waals surface area contributed by atoms with E-state index in [-0.39, 0.29) is 11.9 Å². The number of nitrogens with zero attached hydrogens (tertiary/aromatic N) is 1. The van der Waals surface area contributed by atoms with Crippen molar-refractivity contribution in [2.75, 3.05) is 26.3 Å². The van der Waals surface area contributed by atoms with Crippen LogP contribution in [0.15, 0.2) is 42.5 Å². The molecule has 1 amide bonds. The van der Waals surface area contributed by atoms with Crippen LogP contribution in [0.25, 0.3) is 0 Å². The van der Waals surface area contributed by atoms with E-state index in [4.69, 9.17) is 9.47 Å². The van der Waals surface area contributed by atoms with Crippen LogP contribution in [0.4, 0.5) is 0 Å². The molecule has 1 N–H and O–H groups in total. The Labute approximate surface area is 160 Å². The quantitative estimate of drug-likeness (QED) is 0.879. The number of hydrogen-bond acceptors (Lipinski definition) is 4. The van der Waals surface area contributed by atoms with Gasteiger partial charge in [0.2, 0.25) is 0 Å². The molecule has 1 unspecified atom stereocenters. The van der Waals surface area contributed by atoms with Crippen molar-refractivity contribution >= 4 is 5.91 Å². The first-order chi connectivity index (χ1) is 13.2. The van der Waals surface area contributed by atoms with Gasteiger partial charge in [0.1, 0.15) is 13.2 Å². The first-order valence-electron chi connectivity index (χ1n) is 9.71. The highest BCUT2D eigenvalue weighted by Gasteiger charge is 2.17. The van der Waals surface area contributed by atoms with Crippen molar-refractivity contribution in [3.05, 3.63) is 59.2 Å². The Morgan fingerprint density at radius 2 is 1.74 bits per heavy atom. The predicted molar refractivity (Wildman–Crippen MR) is 104 cm³/mol. The summed E-state index contributed by atoms with van der Waals surface area (Å²) in [7, 11) is 0. The zero-order valence-corrected chi connectivity index (χ0v) is 15.7. The van der Waals surface area contributed by atoms with Gasteiger partial charge in [-0.3, -0.25) is 9.69 Å². The van der Waals surface area contributed by atoms with Crippen molar-refractivity contribution in [1.29, 1.82) is 0 Å². The zero-order valence-electron chi connectivity index (χ0n) is 15.7. The van der Waals surface area contributed by atoms with E-state index in [2.05, 4.69) is 22.3 Å². The number of nitrogens with one attached hydrogen (secondary N) is 1. The summed E-state index contributed by atoms with van der Waals surface area (Å²) >= 11 is 0. The summed E-state index contributed by atoms with van der Waals surface area (Å²) in [5.74, 6) is 1.44. The SMILES string of the molecule is CC(NC(=O)c1ccc(CN2CCCC2)cc1)c1ccc2c(c1)OCCO2. The summed E-state index contributed by atoms with van der Waals surface area (Å²) in [5.41, 5.74) is 2.94. The normalized spacial score (nSPS) is 17.5. The van der Waals surface area contributed by atoms with Gasteiger partial charge in [0.25, 0.3) is 5.91 Å². The second kappa shape index (κ2) is 8.01. The molecule has 2 aliphatic rings. The van der Waals surface area contributed by atoms with Gasteiger partial charge in [0.15, 0.2) is 11.5 Å². The van der Waals surface area contributed by atoms with Crippen molar-refractivity contribution < 1.29 is 14.3 Å². The molecule has 5 nitrogen and oxygen atoms in total. The largest absolute Gasteiger partial charge is 0.486 e. The molecule has 2 aromatic carbocycles. The van der Waals surface area contributed by atoms with E-state index < -0.39 is 0 Å². The Balaban J connectivity index is 1.37. The number of amides is 1. The van der Waals surface area contributed by atoms with Crippen molar-refractivity contribution in [3.63, 3.8) is 0 Å². The number of likely N-dealkylation sites (tertiary alicyclic amines) is 1. The third kappa shape index (κ3) is 4.25. The molecule has 0 saturated carbocycles. The first kappa shape index (κ1) is 17.9. The van der Waals surface area contributed by atoms with Gasteiger partial charge >= 0.3 is 0 Å². The van der Waals surface area contributed by atoms with Gasteiger partial charge in [-0.25, -0.2) is 0 Å². The highest BCUT2D eigenvalue weighted by Crippen LogP contribution is 2.32. The molecule has 0 bridgehead atoms. The fraction of sp³-hybridized carbons (Fsp3) is 0.409. The van der Waals surface area contributed by atoms with Crippen LogP contribution in [0, 0.1) is 0 Å². The standard InChI is InChI=1S/C22H26N2O3/c1-16(19-8-9-20-21(14-19)27-13-12-26-20)23-22(25)18-6-4-17(5-7-18)15-24-10-2-3-11-24/h4-9,14,16H,2-3,10-13,15H2,1H3,(H,23,25). The zero-order chi connectivity index (χ0) is 18.6. The predicted octanol–water partition coefficient (Wildman–Crippen LogP) is 3.54. The molecule has 0 radical (unpaired) electrons. The molecule has 0 aliphatic carbocycles. The highest BCUT2D eigenvalue weighted by molar-refractivity contribution is 5.94. The van der Waals surface area contributed by atoms with E-state index >= 15 is 0 Å². The van der Waals surface area contributed by atoms with Crippen molar-refractivity contribution in [1.82, 2.24) is 10.2 Å². The molecule has 2 aromatic rings. The fourth-order valence-electron chi connectivity index (χ4n) is 3.65. The van der Waals surface area contributed by atoms with Crippen LogP contribution in [0.5, 0.6) is 11.5 Å². The molecular formula is C22H26N2O3. The Kier molecular flexibility index (Phi) is 5.30. The lowest BCUT2D eigenvalue weighted by atomic mass is 10.1. The summed E-state index contributed by atoms with van der Waals surface area (Å²) in [4.78, 5) is 15.1. The van der Waals surface area contributed by atoms with Gasteiger partial charge in [-0.05, 0) is 68.2 Å². The number of rotatable bonds is 5. The Bertz CT molecular complexity index is 798. The van der Waals surface area contributed by atoms with Crippen LogP contribution >= 0.6 is 0 Å². The second-order valence-electron chi connectivity index (χ2n) is 7.28. The van der Waals surface area contributed by atoms with E-state index in [1.54, 1.807) is 0 Å². The maximum Gasteiger partial charge on any atom is 0.251 e. The minimum Gasteiger partial charge on any atom is -0.486 e. The maximum absolute atomic E-state index is 12.6. The van der Waals surface area contributed by atoms with E-state index in [9.17, 15) is 4.79 Å². The molecule has 4 rings (SSSR count). The lowest BCUT2D eigenvalue weighted by Gasteiger charge is -2.21. The van der Waals surface area contributed by atoms with Crippen LogP contribution in [0.3, 0.4) is 0 Å². The van der Waals surface area contributed by atoms with Crippen LogP contribution < -0.4 is 14.8 Å². The van der Waals surface area contributed by atoms with Gasteiger partial charge < -0.3 is 14.8 Å². The average molecular weight is 366 g/mol. The number of fused-ring (bicyclic) bond motifs is 1. The lowest BCUT2D eigenvalue weighted by Crippen LogP contribution is -2.27. The number of hydrogen-bond donors (Lipinski definition) is 1. The van der Waals surface area contributed by atoms with E-state index in [0.29, 0.717) is 18.8 Å². The topological polar surface area (TPSA) is 50.8 Å². The van der Waals surface area contributed by atoms with E-state index in [1.165, 1.54) is 31.5 Å². The highest BCUT2D eigenvalue weighted by atomic mass is 16.6. The minimum atomic E-state index is -0.113. The van der Waals surface area contributed by atoms with Crippen molar-refractivity contribution in [3.8, 4) is 11.5 Å². The monoisotopic (exact) mass is 366 g/mol. The van der Waals surface area contributed by atoms with Crippen LogP contribution in [-0.2, 0) is 6.54 Å². The molecule has 0 spiro atoms. The van der Waals surface area contributed by atoms with Gasteiger partial charge in [0.05, 0.1) is 6.04 Å². The maximum atomic E-state index is 12.6. The van der Waals surface area contributed by atoms with Crippen molar-refractivity contribution in [2.45, 2.75) is 32.4 Å². The Morgan fingerprint density at radius 3 is 2.48 bits per heavy atom. The lowest BCUT2D eigenvalue weighted by molar-refractivity contribution is 0.0939. The molecule has 27 heavy (non-hydrogen) atoms. The summed E-state index contributed by atoms with van der Waals surface area (Å²) in [5, 5.41) is 3.07. The second-order valence-corrected chi connectivity index (χ2v) is 7.28. The summed E-state index contributed by atoms with van der Waals surface area (Å²) < 4.78 is 11.2. The summed E-state index contributed by atoms with van der Waals surface area (Å²) in [6, 6.07) is 13.6. The average Bonchev–Trinajstić information content (AvgIpc) is 3.21. The smallest absolute Gasteiger partial charge is 0.251 e. The third-order valence-corrected chi connectivity index (χ3v) is 5.23. The van der Waals surface area contributed by atoms with Crippen LogP contribution in [0.2, 0.25) is 0 Å². The molecule has 0 aromatic heterocycles. The molecule has 2 heterocycles. The van der Waals surface area contributed by atoms with Crippen molar-refractivity contribution in [2.24, 2.45) is 0 Å². The fourth-order valence-corrected chi connectivity index (χ4v) is 3.65. The molecule has 1 atom stereocenters. The molecule has 142 valence electrons. The van der Waals surface area contributed by atoms with E-state index in [0.717, 1.165) is 23.6 Å². The van der Waals surface area contributed by atoms with Gasteiger partial charge in [-0.2, -0.15) is 0 Å². The Hall–Kier alpha value is -2.53. The van der Waals surface area contributed by atoms with Gasteiger partial charge in [-0.15, -0.1) is 0 Å². The van der Waals surface area contributed by atoms with Crippen LogP contribution in [-0.4, -0.2) is 37.1 Å². The molecule has 1 saturated heterocycles. The Morgan fingerprint density at radius 1 is 1.04 bits per heavy atom. The first-order valence-corrected chi connectivity index (χ1v) is 9.71. The number of ether oxygens (including phenoxy) is 2. The molecular weight excluding hydrogens is 340 g/mol.